The van der Waals surface area contributed by atoms with Gasteiger partial charge in [0.2, 0.25) is 0 Å². The van der Waals surface area contributed by atoms with E-state index in [2.05, 4.69) is 10.3 Å². The van der Waals surface area contributed by atoms with E-state index in [1.165, 1.54) is 12.1 Å². The molecule has 0 radical (unpaired) electrons. The monoisotopic (exact) mass is 461 g/mol. The van der Waals surface area contributed by atoms with Crippen LogP contribution in [0.15, 0.2) is 54.6 Å². The zero-order valence-corrected chi connectivity index (χ0v) is 18.2. The van der Waals surface area contributed by atoms with Crippen LogP contribution < -0.4 is 5.32 Å². The number of nitrogens with zero attached hydrogens (tertiary/aromatic N) is 1. The molecule has 1 saturated carbocycles. The third kappa shape index (κ3) is 6.35. The average molecular weight is 462 g/mol. The van der Waals surface area contributed by atoms with E-state index >= 15 is 0 Å². The SMILES string of the molecule is O=C(c1cc2ccccc2[nH]1)N(C[C@H]1CCCC(NCc2cccc(F)c2)C1)CC(F)(F)F. The zero-order valence-electron chi connectivity index (χ0n) is 18.2. The smallest absolute Gasteiger partial charge is 0.351 e. The van der Waals surface area contributed by atoms with Gasteiger partial charge < -0.3 is 15.2 Å². The van der Waals surface area contributed by atoms with E-state index in [1.54, 1.807) is 24.3 Å². The second-order valence-electron chi connectivity index (χ2n) is 8.81. The minimum absolute atomic E-state index is 0.0422. The molecule has 1 fully saturated rings. The van der Waals surface area contributed by atoms with Crippen LogP contribution in [0.1, 0.15) is 41.7 Å². The normalized spacial score (nSPS) is 19.0. The standard InChI is InChI=1S/C25H27F4N3O/c26-20-8-3-5-17(11-20)14-30-21-9-4-6-18(12-21)15-32(16-25(27,28)29)24(33)23-13-19-7-1-2-10-22(19)31-23/h1-3,5,7-8,10-11,13,18,21,30-31H,4,6,9,12,14-16H2/t18-,21?/m0/s1. The lowest BCUT2D eigenvalue weighted by molar-refractivity contribution is -0.142. The third-order valence-electron chi connectivity index (χ3n) is 6.16. The molecule has 1 unspecified atom stereocenters. The van der Waals surface area contributed by atoms with E-state index in [-0.39, 0.29) is 30.0 Å². The Kier molecular flexibility index (Phi) is 7.02. The molecule has 1 aromatic heterocycles. The highest BCUT2D eigenvalue weighted by Crippen LogP contribution is 2.28. The lowest BCUT2D eigenvalue weighted by atomic mass is 9.85. The number of H-pyrrole nitrogens is 1. The molecule has 4 nitrogen and oxygen atoms in total. The van der Waals surface area contributed by atoms with Crippen LogP contribution in [0.25, 0.3) is 10.9 Å². The van der Waals surface area contributed by atoms with Crippen LogP contribution >= 0.6 is 0 Å². The number of carbonyl (C=O) groups is 1. The first-order valence-corrected chi connectivity index (χ1v) is 11.2. The highest BCUT2D eigenvalue weighted by atomic mass is 19.4. The Hall–Kier alpha value is -2.87. The molecular formula is C25H27F4N3O. The molecule has 0 saturated heterocycles. The van der Waals surface area contributed by atoms with Gasteiger partial charge in [-0.05, 0) is 55.0 Å². The second-order valence-corrected chi connectivity index (χ2v) is 8.81. The number of alkyl halides is 3. The number of hydrogen-bond acceptors (Lipinski definition) is 2. The summed E-state index contributed by atoms with van der Waals surface area (Å²) >= 11 is 0. The van der Waals surface area contributed by atoms with Crippen molar-refractivity contribution in [3.8, 4) is 0 Å². The molecule has 176 valence electrons. The summed E-state index contributed by atoms with van der Waals surface area (Å²) < 4.78 is 53.3. The first kappa shape index (κ1) is 23.3. The van der Waals surface area contributed by atoms with Crippen molar-refractivity contribution >= 4 is 16.8 Å². The van der Waals surface area contributed by atoms with Gasteiger partial charge in [0.15, 0.2) is 0 Å². The van der Waals surface area contributed by atoms with Gasteiger partial charge in [0.05, 0.1) is 0 Å². The topological polar surface area (TPSA) is 48.1 Å². The van der Waals surface area contributed by atoms with Gasteiger partial charge in [-0.25, -0.2) is 4.39 Å². The fourth-order valence-corrected chi connectivity index (χ4v) is 4.66. The number of benzene rings is 2. The van der Waals surface area contributed by atoms with Crippen LogP contribution in [0.4, 0.5) is 17.6 Å². The Balaban J connectivity index is 1.42. The van der Waals surface area contributed by atoms with E-state index < -0.39 is 18.6 Å². The lowest BCUT2D eigenvalue weighted by Gasteiger charge is -2.34. The Morgan fingerprint density at radius 3 is 2.67 bits per heavy atom. The number of amides is 1. The van der Waals surface area contributed by atoms with Crippen LogP contribution in [0, 0.1) is 11.7 Å². The molecule has 2 atom stereocenters. The van der Waals surface area contributed by atoms with Crippen molar-refractivity contribution in [3.05, 3.63) is 71.7 Å². The van der Waals surface area contributed by atoms with Crippen molar-refractivity contribution in [2.24, 2.45) is 5.92 Å². The molecule has 1 amide bonds. The van der Waals surface area contributed by atoms with E-state index in [9.17, 15) is 22.4 Å². The molecule has 1 heterocycles. The largest absolute Gasteiger partial charge is 0.406 e. The molecule has 2 aromatic carbocycles. The Morgan fingerprint density at radius 2 is 1.91 bits per heavy atom. The van der Waals surface area contributed by atoms with Crippen LogP contribution in [-0.2, 0) is 6.54 Å². The number of nitrogens with one attached hydrogen (secondary N) is 2. The summed E-state index contributed by atoms with van der Waals surface area (Å²) in [7, 11) is 0. The Bertz CT molecular complexity index is 1060. The number of aromatic nitrogens is 1. The van der Waals surface area contributed by atoms with Gasteiger partial charge in [-0.15, -0.1) is 0 Å². The zero-order chi connectivity index (χ0) is 23.4. The number of halogens is 4. The third-order valence-corrected chi connectivity index (χ3v) is 6.16. The summed E-state index contributed by atoms with van der Waals surface area (Å²) in [5.41, 5.74) is 1.70. The van der Waals surface area contributed by atoms with E-state index in [1.807, 2.05) is 18.2 Å². The summed E-state index contributed by atoms with van der Waals surface area (Å²) in [6, 6.07) is 15.3. The summed E-state index contributed by atoms with van der Waals surface area (Å²) in [6.45, 7) is -0.736. The van der Waals surface area contributed by atoms with Gasteiger partial charge in [-0.2, -0.15) is 13.2 Å². The van der Waals surface area contributed by atoms with Crippen molar-refractivity contribution < 1.29 is 22.4 Å². The number of para-hydroxylation sites is 1. The molecule has 1 aliphatic rings. The van der Waals surface area contributed by atoms with Gasteiger partial charge in [0.1, 0.15) is 18.1 Å². The summed E-state index contributed by atoms with van der Waals surface area (Å²) in [5.74, 6) is -0.980. The highest BCUT2D eigenvalue weighted by Gasteiger charge is 2.35. The quantitative estimate of drug-likeness (QED) is 0.446. The number of fused-ring (bicyclic) bond motifs is 1. The first-order valence-electron chi connectivity index (χ1n) is 11.2. The molecule has 4 rings (SSSR count). The predicted octanol–water partition coefficient (Wildman–Crippen LogP) is 5.66. The summed E-state index contributed by atoms with van der Waals surface area (Å²) in [5, 5.41) is 4.18. The van der Waals surface area contributed by atoms with Crippen LogP contribution in [0.2, 0.25) is 0 Å². The number of carbonyl (C=O) groups excluding carboxylic acids is 1. The molecule has 2 N–H and O–H groups in total. The summed E-state index contributed by atoms with van der Waals surface area (Å²) in [6.07, 6.45) is -1.27. The summed E-state index contributed by atoms with van der Waals surface area (Å²) in [4.78, 5) is 16.9. The maximum absolute atomic E-state index is 13.4. The van der Waals surface area contributed by atoms with Gasteiger partial charge >= 0.3 is 6.18 Å². The molecule has 0 spiro atoms. The minimum Gasteiger partial charge on any atom is -0.351 e. The molecule has 1 aliphatic carbocycles. The van der Waals surface area contributed by atoms with Gasteiger partial charge in [0.25, 0.3) is 5.91 Å². The van der Waals surface area contributed by atoms with Crippen molar-refractivity contribution in [3.63, 3.8) is 0 Å². The van der Waals surface area contributed by atoms with Crippen LogP contribution in [0.5, 0.6) is 0 Å². The van der Waals surface area contributed by atoms with Crippen molar-refractivity contribution in [2.45, 2.75) is 44.4 Å². The maximum Gasteiger partial charge on any atom is 0.406 e. The van der Waals surface area contributed by atoms with Gasteiger partial charge in [0, 0.05) is 30.0 Å². The fourth-order valence-electron chi connectivity index (χ4n) is 4.66. The molecule has 0 aliphatic heterocycles. The predicted molar refractivity (Wildman–Crippen MR) is 119 cm³/mol. The van der Waals surface area contributed by atoms with Crippen molar-refractivity contribution in [2.75, 3.05) is 13.1 Å². The molecule has 33 heavy (non-hydrogen) atoms. The lowest BCUT2D eigenvalue weighted by Crippen LogP contribution is -2.44. The molecule has 8 heteroatoms. The number of hydrogen-bond donors (Lipinski definition) is 2. The molecule has 0 bridgehead atoms. The Labute approximate surface area is 190 Å². The minimum atomic E-state index is -4.48. The van der Waals surface area contributed by atoms with Gasteiger partial charge in [-0.3, -0.25) is 4.79 Å². The van der Waals surface area contributed by atoms with E-state index in [0.29, 0.717) is 18.5 Å². The molecular weight excluding hydrogens is 434 g/mol. The number of rotatable bonds is 7. The van der Waals surface area contributed by atoms with Gasteiger partial charge in [-0.1, -0.05) is 36.8 Å². The fraction of sp³-hybridized carbons (Fsp3) is 0.400. The van der Waals surface area contributed by atoms with E-state index in [0.717, 1.165) is 35.1 Å². The van der Waals surface area contributed by atoms with Crippen LogP contribution in [0.3, 0.4) is 0 Å². The Morgan fingerprint density at radius 1 is 1.09 bits per heavy atom. The first-order chi connectivity index (χ1) is 15.8. The number of aromatic amines is 1. The second kappa shape index (κ2) is 9.95. The highest BCUT2D eigenvalue weighted by molar-refractivity contribution is 5.98. The van der Waals surface area contributed by atoms with Crippen molar-refractivity contribution in [1.29, 1.82) is 0 Å². The van der Waals surface area contributed by atoms with Crippen molar-refractivity contribution in [1.82, 2.24) is 15.2 Å². The average Bonchev–Trinajstić information content (AvgIpc) is 3.20. The molecule has 3 aromatic rings. The van der Waals surface area contributed by atoms with E-state index in [4.69, 9.17) is 0 Å². The van der Waals surface area contributed by atoms with Crippen LogP contribution in [-0.4, -0.2) is 41.1 Å². The maximum atomic E-state index is 13.4.